The van der Waals surface area contributed by atoms with Crippen molar-refractivity contribution in [3.63, 3.8) is 0 Å². The van der Waals surface area contributed by atoms with Gasteiger partial charge < -0.3 is 10.0 Å². The van der Waals surface area contributed by atoms with E-state index in [0.29, 0.717) is 5.02 Å². The van der Waals surface area contributed by atoms with Gasteiger partial charge in [-0.05, 0) is 26.9 Å². The molecule has 0 fully saturated rings. The predicted octanol–water partition coefficient (Wildman–Crippen LogP) is 1.02. The maximum Gasteiger partial charge on any atom is 0.0817 e. The molecule has 1 N–H and O–H groups in total. The molecular formula is C10H18ClN3O. The molecule has 0 unspecified atom stereocenters. The fraction of sp³-hybridized carbons (Fsp3) is 0.700. The average Bonchev–Trinajstić information content (AvgIpc) is 2.53. The molecule has 1 heterocycles. The molecule has 0 saturated heterocycles. The van der Waals surface area contributed by atoms with E-state index in [-0.39, 0.29) is 6.61 Å². The third kappa shape index (κ3) is 3.81. The molecule has 0 aliphatic carbocycles. The van der Waals surface area contributed by atoms with Crippen LogP contribution in [0.1, 0.15) is 12.1 Å². The van der Waals surface area contributed by atoms with Gasteiger partial charge >= 0.3 is 0 Å². The van der Waals surface area contributed by atoms with E-state index in [4.69, 9.17) is 16.7 Å². The number of aromatic nitrogens is 2. The van der Waals surface area contributed by atoms with Crippen LogP contribution in [0.2, 0.25) is 5.02 Å². The lowest BCUT2D eigenvalue weighted by atomic mass is 10.2. The highest BCUT2D eigenvalue weighted by molar-refractivity contribution is 6.31. The zero-order valence-electron chi connectivity index (χ0n) is 9.28. The van der Waals surface area contributed by atoms with Gasteiger partial charge in [-0.15, -0.1) is 0 Å². The van der Waals surface area contributed by atoms with Gasteiger partial charge in [0.25, 0.3) is 0 Å². The minimum atomic E-state index is 0.190. The van der Waals surface area contributed by atoms with Gasteiger partial charge in [-0.25, -0.2) is 0 Å². The van der Waals surface area contributed by atoms with Crippen LogP contribution in [0.25, 0.3) is 0 Å². The van der Waals surface area contributed by atoms with Crippen LogP contribution in [0.3, 0.4) is 0 Å². The molecule has 0 aliphatic heterocycles. The minimum Gasteiger partial charge on any atom is -0.396 e. The second kappa shape index (κ2) is 6.10. The van der Waals surface area contributed by atoms with E-state index in [2.05, 4.69) is 10.00 Å². The molecule has 1 rings (SSSR count). The molecule has 5 heteroatoms. The SMILES string of the molecule is CN(C)CCn1ncc(Cl)c1CCCO. The molecule has 0 amide bonds. The first-order valence-electron chi connectivity index (χ1n) is 5.11. The Morgan fingerprint density at radius 2 is 2.27 bits per heavy atom. The quantitative estimate of drug-likeness (QED) is 0.795. The molecule has 0 spiro atoms. The molecule has 0 bridgehead atoms. The number of aliphatic hydroxyl groups is 1. The summed E-state index contributed by atoms with van der Waals surface area (Å²) in [5.74, 6) is 0. The van der Waals surface area contributed by atoms with Crippen molar-refractivity contribution in [2.75, 3.05) is 27.2 Å². The first kappa shape index (κ1) is 12.5. The number of aliphatic hydroxyl groups excluding tert-OH is 1. The van der Waals surface area contributed by atoms with E-state index in [1.54, 1.807) is 6.20 Å². The highest BCUT2D eigenvalue weighted by Gasteiger charge is 2.08. The molecule has 0 atom stereocenters. The van der Waals surface area contributed by atoms with Gasteiger partial charge in [0.1, 0.15) is 0 Å². The lowest BCUT2D eigenvalue weighted by molar-refractivity contribution is 0.286. The van der Waals surface area contributed by atoms with Crippen molar-refractivity contribution >= 4 is 11.6 Å². The minimum absolute atomic E-state index is 0.190. The molecule has 0 radical (unpaired) electrons. The lowest BCUT2D eigenvalue weighted by Gasteiger charge is -2.11. The van der Waals surface area contributed by atoms with E-state index < -0.39 is 0 Å². The summed E-state index contributed by atoms with van der Waals surface area (Å²) in [5, 5.41) is 13.7. The summed E-state index contributed by atoms with van der Waals surface area (Å²) >= 11 is 6.02. The fourth-order valence-corrected chi connectivity index (χ4v) is 1.61. The van der Waals surface area contributed by atoms with Crippen LogP contribution in [0.5, 0.6) is 0 Å². The second-order valence-corrected chi connectivity index (χ2v) is 4.20. The number of halogens is 1. The first-order chi connectivity index (χ1) is 7.15. The van der Waals surface area contributed by atoms with Crippen molar-refractivity contribution < 1.29 is 5.11 Å². The van der Waals surface area contributed by atoms with Crippen molar-refractivity contribution in [2.45, 2.75) is 19.4 Å². The third-order valence-electron chi connectivity index (χ3n) is 2.23. The Labute approximate surface area is 95.5 Å². The number of rotatable bonds is 6. The summed E-state index contributed by atoms with van der Waals surface area (Å²) in [7, 11) is 4.05. The summed E-state index contributed by atoms with van der Waals surface area (Å²) in [6, 6.07) is 0. The molecule has 0 aliphatic rings. The Morgan fingerprint density at radius 3 is 2.87 bits per heavy atom. The zero-order valence-corrected chi connectivity index (χ0v) is 10.0. The third-order valence-corrected chi connectivity index (χ3v) is 2.54. The van der Waals surface area contributed by atoms with Gasteiger partial charge in [0.15, 0.2) is 0 Å². The summed E-state index contributed by atoms with van der Waals surface area (Å²) in [6.45, 7) is 1.96. The van der Waals surface area contributed by atoms with Crippen molar-refractivity contribution in [1.29, 1.82) is 0 Å². The number of likely N-dealkylation sites (N-methyl/N-ethyl adjacent to an activating group) is 1. The molecule has 86 valence electrons. The number of nitrogens with zero attached hydrogens (tertiary/aromatic N) is 3. The zero-order chi connectivity index (χ0) is 11.3. The first-order valence-corrected chi connectivity index (χ1v) is 5.48. The summed E-state index contributed by atoms with van der Waals surface area (Å²) < 4.78 is 1.91. The standard InChI is InChI=1S/C10H18ClN3O/c1-13(2)5-6-14-10(4-3-7-15)9(11)8-12-14/h8,15H,3-7H2,1-2H3. The highest BCUT2D eigenvalue weighted by atomic mass is 35.5. The molecular weight excluding hydrogens is 214 g/mol. The van der Waals surface area contributed by atoms with E-state index >= 15 is 0 Å². The van der Waals surface area contributed by atoms with Gasteiger partial charge in [-0.1, -0.05) is 11.6 Å². The van der Waals surface area contributed by atoms with E-state index in [0.717, 1.165) is 31.6 Å². The van der Waals surface area contributed by atoms with Crippen LogP contribution in [-0.4, -0.2) is 47.0 Å². The number of hydrogen-bond acceptors (Lipinski definition) is 3. The smallest absolute Gasteiger partial charge is 0.0817 e. The van der Waals surface area contributed by atoms with Crippen LogP contribution in [-0.2, 0) is 13.0 Å². The highest BCUT2D eigenvalue weighted by Crippen LogP contribution is 2.16. The monoisotopic (exact) mass is 231 g/mol. The van der Waals surface area contributed by atoms with Gasteiger partial charge in [0.2, 0.25) is 0 Å². The Bertz CT molecular complexity index is 299. The average molecular weight is 232 g/mol. The maximum atomic E-state index is 8.78. The summed E-state index contributed by atoms with van der Waals surface area (Å²) in [6.07, 6.45) is 3.18. The normalized spacial score (nSPS) is 11.3. The molecule has 4 nitrogen and oxygen atoms in total. The Morgan fingerprint density at radius 1 is 1.53 bits per heavy atom. The van der Waals surface area contributed by atoms with Gasteiger partial charge in [0.05, 0.1) is 23.5 Å². The molecule has 1 aromatic rings. The van der Waals surface area contributed by atoms with Crippen LogP contribution in [0.4, 0.5) is 0 Å². The van der Waals surface area contributed by atoms with Gasteiger partial charge in [-0.2, -0.15) is 5.10 Å². The van der Waals surface area contributed by atoms with E-state index in [1.807, 2.05) is 18.8 Å². The molecule has 15 heavy (non-hydrogen) atoms. The number of hydrogen-bond donors (Lipinski definition) is 1. The van der Waals surface area contributed by atoms with E-state index in [9.17, 15) is 0 Å². The molecule has 0 saturated carbocycles. The van der Waals surface area contributed by atoms with E-state index in [1.165, 1.54) is 0 Å². The molecule has 0 aromatic carbocycles. The van der Waals surface area contributed by atoms with Crippen LogP contribution < -0.4 is 0 Å². The molecule has 1 aromatic heterocycles. The fourth-order valence-electron chi connectivity index (χ4n) is 1.37. The predicted molar refractivity (Wildman–Crippen MR) is 61.2 cm³/mol. The van der Waals surface area contributed by atoms with Crippen LogP contribution in [0, 0.1) is 0 Å². The van der Waals surface area contributed by atoms with Crippen molar-refractivity contribution in [2.24, 2.45) is 0 Å². The Kier molecular flexibility index (Phi) is 5.08. The van der Waals surface area contributed by atoms with Gasteiger partial charge in [-0.3, -0.25) is 4.68 Å². The van der Waals surface area contributed by atoms with Gasteiger partial charge in [0, 0.05) is 13.2 Å². The Balaban J connectivity index is 2.61. The van der Waals surface area contributed by atoms with Crippen LogP contribution >= 0.6 is 11.6 Å². The van der Waals surface area contributed by atoms with Crippen molar-refractivity contribution in [3.8, 4) is 0 Å². The van der Waals surface area contributed by atoms with Crippen molar-refractivity contribution in [3.05, 3.63) is 16.9 Å². The topological polar surface area (TPSA) is 41.3 Å². The lowest BCUT2D eigenvalue weighted by Crippen LogP contribution is -2.20. The largest absolute Gasteiger partial charge is 0.396 e. The maximum absolute atomic E-state index is 8.78. The van der Waals surface area contributed by atoms with Crippen molar-refractivity contribution in [1.82, 2.24) is 14.7 Å². The summed E-state index contributed by atoms with van der Waals surface area (Å²) in [4.78, 5) is 2.10. The van der Waals surface area contributed by atoms with Crippen LogP contribution in [0.15, 0.2) is 6.20 Å². The second-order valence-electron chi connectivity index (χ2n) is 3.79. The summed E-state index contributed by atoms with van der Waals surface area (Å²) in [5.41, 5.74) is 1.02. The Hall–Kier alpha value is -0.580.